The zero-order valence-electron chi connectivity index (χ0n) is 14.2. The second-order valence-corrected chi connectivity index (χ2v) is 6.49. The van der Waals surface area contributed by atoms with Crippen molar-refractivity contribution in [2.45, 2.75) is 32.1 Å². The fourth-order valence-electron chi connectivity index (χ4n) is 3.13. The number of alkyl halides is 6. The van der Waals surface area contributed by atoms with Crippen LogP contribution in [0.25, 0.3) is 0 Å². The molecule has 2 aromatic carbocycles. The lowest BCUT2D eigenvalue weighted by atomic mass is 9.98. The largest absolute Gasteiger partial charge is 0.416 e. The highest BCUT2D eigenvalue weighted by Gasteiger charge is 2.38. The van der Waals surface area contributed by atoms with E-state index in [0.717, 1.165) is 11.1 Å². The quantitative estimate of drug-likeness (QED) is 0.581. The van der Waals surface area contributed by atoms with Gasteiger partial charge in [-0.2, -0.15) is 26.3 Å². The Hall–Kier alpha value is -2.51. The van der Waals surface area contributed by atoms with Crippen molar-refractivity contribution in [1.29, 1.82) is 0 Å². The van der Waals surface area contributed by atoms with Crippen LogP contribution in [-0.4, -0.2) is 12.5 Å². The van der Waals surface area contributed by atoms with Gasteiger partial charge < -0.3 is 4.90 Å². The van der Waals surface area contributed by atoms with E-state index in [0.29, 0.717) is 30.7 Å². The Morgan fingerprint density at radius 1 is 0.926 bits per heavy atom. The zero-order chi connectivity index (χ0) is 20.0. The number of carbonyl (C=O) groups excluding carboxylic acids is 1. The molecule has 0 atom stereocenters. The Balaban J connectivity index is 2.09. The molecule has 8 heteroatoms. The van der Waals surface area contributed by atoms with Crippen LogP contribution < -0.4 is 4.90 Å². The molecular weight excluding hydrogens is 372 g/mol. The molecule has 0 radical (unpaired) electrons. The lowest BCUT2D eigenvalue weighted by molar-refractivity contribution is -0.143. The fraction of sp³-hybridized carbons (Fsp3) is 0.316. The van der Waals surface area contributed by atoms with Gasteiger partial charge in [-0.15, -0.1) is 0 Å². The van der Waals surface area contributed by atoms with Gasteiger partial charge in [0, 0.05) is 17.8 Å². The van der Waals surface area contributed by atoms with E-state index >= 15 is 0 Å². The first kappa shape index (κ1) is 19.3. The number of amides is 1. The first-order chi connectivity index (χ1) is 12.5. The molecule has 27 heavy (non-hydrogen) atoms. The van der Waals surface area contributed by atoms with Crippen molar-refractivity contribution in [3.05, 3.63) is 64.2 Å². The van der Waals surface area contributed by atoms with Gasteiger partial charge in [0.25, 0.3) is 5.91 Å². The van der Waals surface area contributed by atoms with Gasteiger partial charge in [-0.05, 0) is 55.2 Å². The Labute approximate surface area is 151 Å². The molecule has 3 rings (SSSR count). The third-order valence-corrected chi connectivity index (χ3v) is 4.44. The standard InChI is InChI=1S/C19H15F6NO/c1-11-4-5-12-3-2-6-26(16(12)7-11)17(27)13-8-14(18(20,21)22)10-15(9-13)19(23,24)25/h4-5,7-10H,2-3,6H2,1H3. The summed E-state index contributed by atoms with van der Waals surface area (Å²) in [5, 5.41) is 0. The molecule has 0 aromatic heterocycles. The predicted octanol–water partition coefficient (Wildman–Crippen LogP) is 5.63. The Morgan fingerprint density at radius 3 is 2.07 bits per heavy atom. The molecule has 0 saturated carbocycles. The van der Waals surface area contributed by atoms with Crippen molar-refractivity contribution in [3.63, 3.8) is 0 Å². The Bertz CT molecular complexity index is 852. The Morgan fingerprint density at radius 2 is 1.52 bits per heavy atom. The van der Waals surface area contributed by atoms with Crippen LogP contribution >= 0.6 is 0 Å². The van der Waals surface area contributed by atoms with Gasteiger partial charge in [-0.25, -0.2) is 0 Å². The monoisotopic (exact) mass is 387 g/mol. The maximum atomic E-state index is 13.0. The van der Waals surface area contributed by atoms with Crippen molar-refractivity contribution in [1.82, 2.24) is 0 Å². The summed E-state index contributed by atoms with van der Waals surface area (Å²) in [6, 6.07) is 6.34. The molecule has 1 heterocycles. The smallest absolute Gasteiger partial charge is 0.308 e. The third-order valence-electron chi connectivity index (χ3n) is 4.44. The minimum Gasteiger partial charge on any atom is -0.308 e. The van der Waals surface area contributed by atoms with E-state index in [9.17, 15) is 31.1 Å². The summed E-state index contributed by atoms with van der Waals surface area (Å²) in [4.78, 5) is 14.1. The van der Waals surface area contributed by atoms with Gasteiger partial charge >= 0.3 is 12.4 Å². The van der Waals surface area contributed by atoms with E-state index < -0.39 is 35.0 Å². The average Bonchev–Trinajstić information content (AvgIpc) is 2.58. The molecule has 0 saturated heterocycles. The summed E-state index contributed by atoms with van der Waals surface area (Å²) in [6.45, 7) is 2.02. The number of carbonyl (C=O) groups is 1. The van der Waals surface area contributed by atoms with E-state index in [1.54, 1.807) is 13.0 Å². The van der Waals surface area contributed by atoms with E-state index in [1.165, 1.54) is 4.90 Å². The molecule has 0 unspecified atom stereocenters. The van der Waals surface area contributed by atoms with E-state index in [1.807, 2.05) is 12.1 Å². The highest BCUT2D eigenvalue weighted by Crippen LogP contribution is 2.37. The number of aryl methyl sites for hydroxylation is 2. The van der Waals surface area contributed by atoms with Crippen LogP contribution in [0.5, 0.6) is 0 Å². The van der Waals surface area contributed by atoms with Crippen LogP contribution in [0, 0.1) is 6.92 Å². The van der Waals surface area contributed by atoms with E-state index in [2.05, 4.69) is 0 Å². The predicted molar refractivity (Wildman–Crippen MR) is 87.6 cm³/mol. The maximum absolute atomic E-state index is 13.0. The van der Waals surface area contributed by atoms with Crippen LogP contribution in [0.2, 0.25) is 0 Å². The number of nitrogens with zero attached hydrogens (tertiary/aromatic N) is 1. The normalized spacial score (nSPS) is 14.9. The number of rotatable bonds is 1. The number of fused-ring (bicyclic) bond motifs is 1. The molecular formula is C19H15F6NO. The van der Waals surface area contributed by atoms with Crippen LogP contribution in [0.4, 0.5) is 32.0 Å². The summed E-state index contributed by atoms with van der Waals surface area (Å²) < 4.78 is 78.2. The molecule has 0 N–H and O–H groups in total. The summed E-state index contributed by atoms with van der Waals surface area (Å²) in [5.41, 5.74) is -1.43. The number of halogens is 6. The highest BCUT2D eigenvalue weighted by atomic mass is 19.4. The molecule has 0 spiro atoms. The molecule has 0 bridgehead atoms. The van der Waals surface area contributed by atoms with Gasteiger partial charge in [0.1, 0.15) is 0 Å². The highest BCUT2D eigenvalue weighted by molar-refractivity contribution is 6.07. The molecule has 144 valence electrons. The van der Waals surface area contributed by atoms with Crippen molar-refractivity contribution >= 4 is 11.6 Å². The average molecular weight is 387 g/mol. The number of benzene rings is 2. The van der Waals surface area contributed by atoms with Gasteiger partial charge in [0.2, 0.25) is 0 Å². The summed E-state index contributed by atoms with van der Waals surface area (Å²) >= 11 is 0. The van der Waals surface area contributed by atoms with Crippen LogP contribution in [-0.2, 0) is 18.8 Å². The summed E-state index contributed by atoms with van der Waals surface area (Å²) in [5.74, 6) is -0.877. The lowest BCUT2D eigenvalue weighted by Gasteiger charge is -2.30. The van der Waals surface area contributed by atoms with Crippen LogP contribution in [0.3, 0.4) is 0 Å². The fourth-order valence-corrected chi connectivity index (χ4v) is 3.13. The topological polar surface area (TPSA) is 20.3 Å². The minimum atomic E-state index is -4.99. The first-order valence-corrected chi connectivity index (χ1v) is 8.18. The number of anilines is 1. The van der Waals surface area contributed by atoms with Crippen molar-refractivity contribution in [2.75, 3.05) is 11.4 Å². The van der Waals surface area contributed by atoms with Gasteiger partial charge in [-0.1, -0.05) is 12.1 Å². The van der Waals surface area contributed by atoms with Crippen LogP contribution in [0.1, 0.15) is 39.0 Å². The molecule has 1 aliphatic heterocycles. The number of hydrogen-bond acceptors (Lipinski definition) is 1. The molecule has 0 fully saturated rings. The van der Waals surface area contributed by atoms with E-state index in [4.69, 9.17) is 0 Å². The second kappa shape index (κ2) is 6.58. The minimum absolute atomic E-state index is 0.0189. The lowest BCUT2D eigenvalue weighted by Crippen LogP contribution is -2.36. The van der Waals surface area contributed by atoms with Crippen LogP contribution in [0.15, 0.2) is 36.4 Å². The number of hydrogen-bond donors (Lipinski definition) is 0. The zero-order valence-corrected chi connectivity index (χ0v) is 14.2. The van der Waals surface area contributed by atoms with E-state index in [-0.39, 0.29) is 12.6 Å². The van der Waals surface area contributed by atoms with Gasteiger partial charge in [0.05, 0.1) is 11.1 Å². The first-order valence-electron chi connectivity index (χ1n) is 8.18. The van der Waals surface area contributed by atoms with Gasteiger partial charge in [0.15, 0.2) is 0 Å². The molecule has 1 amide bonds. The third kappa shape index (κ3) is 3.94. The summed E-state index contributed by atoms with van der Waals surface area (Å²) in [7, 11) is 0. The van der Waals surface area contributed by atoms with Crippen molar-refractivity contribution < 1.29 is 31.1 Å². The summed E-state index contributed by atoms with van der Waals surface area (Å²) in [6.07, 6.45) is -8.72. The molecule has 2 nitrogen and oxygen atoms in total. The van der Waals surface area contributed by atoms with Gasteiger partial charge in [-0.3, -0.25) is 4.79 Å². The SMILES string of the molecule is Cc1ccc2c(c1)N(C(=O)c1cc(C(F)(F)F)cc(C(F)(F)F)c1)CCC2. The second-order valence-electron chi connectivity index (χ2n) is 6.49. The van der Waals surface area contributed by atoms with Crippen molar-refractivity contribution in [2.24, 2.45) is 0 Å². The molecule has 1 aliphatic rings. The molecule has 0 aliphatic carbocycles. The molecule has 2 aromatic rings. The maximum Gasteiger partial charge on any atom is 0.416 e. The van der Waals surface area contributed by atoms with Crippen molar-refractivity contribution in [3.8, 4) is 0 Å². The Kier molecular flexibility index (Phi) is 4.69.